The molecule has 14 heteroatoms. The number of aromatic nitrogens is 2. The van der Waals surface area contributed by atoms with Gasteiger partial charge in [0.1, 0.15) is 11.4 Å². The van der Waals surface area contributed by atoms with Crippen LogP contribution in [-0.4, -0.2) is 34.8 Å². The highest BCUT2D eigenvalue weighted by atomic mass is 19.4. The van der Waals surface area contributed by atoms with Gasteiger partial charge in [-0.2, -0.15) is 18.2 Å². The number of carbonyl (C=O) groups excluding carboxylic acids is 3. The van der Waals surface area contributed by atoms with E-state index in [1.54, 1.807) is 54.6 Å². The van der Waals surface area contributed by atoms with Crippen LogP contribution in [0.3, 0.4) is 0 Å². The van der Waals surface area contributed by atoms with Crippen LogP contribution in [0.15, 0.2) is 91.6 Å². The quantitative estimate of drug-likeness (QED) is 0.114. The third kappa shape index (κ3) is 8.17. The maximum absolute atomic E-state index is 13.8. The fourth-order valence-corrected chi connectivity index (χ4v) is 3.86. The number of para-hydroxylation sites is 1. The monoisotopic (exact) mass is 605 g/mol. The number of hydroxylamine groups is 1. The van der Waals surface area contributed by atoms with E-state index in [1.807, 2.05) is 0 Å². The van der Waals surface area contributed by atoms with Gasteiger partial charge >= 0.3 is 6.18 Å². The third-order valence-electron chi connectivity index (χ3n) is 5.95. The van der Waals surface area contributed by atoms with Gasteiger partial charge in [0.15, 0.2) is 0 Å². The summed E-state index contributed by atoms with van der Waals surface area (Å²) < 4.78 is 41.3. The summed E-state index contributed by atoms with van der Waals surface area (Å²) in [6.07, 6.45) is -3.02. The first-order chi connectivity index (χ1) is 21.1. The minimum atomic E-state index is -4.78. The highest BCUT2D eigenvalue weighted by molar-refractivity contribution is 6.01. The summed E-state index contributed by atoms with van der Waals surface area (Å²) in [5.74, 6) is -2.13. The van der Waals surface area contributed by atoms with Gasteiger partial charge in [0, 0.05) is 29.7 Å². The molecular weight excluding hydrogens is 579 g/mol. The van der Waals surface area contributed by atoms with Gasteiger partial charge in [-0.1, -0.05) is 36.9 Å². The molecule has 0 aliphatic carbocycles. The Hall–Kier alpha value is -5.76. The van der Waals surface area contributed by atoms with Crippen LogP contribution in [0.4, 0.5) is 42.0 Å². The van der Waals surface area contributed by atoms with Crippen LogP contribution >= 0.6 is 0 Å². The molecule has 5 N–H and O–H groups in total. The summed E-state index contributed by atoms with van der Waals surface area (Å²) in [6.45, 7) is 3.57. The number of halogens is 3. The molecule has 0 fully saturated rings. The second-order valence-corrected chi connectivity index (χ2v) is 9.04. The second-order valence-electron chi connectivity index (χ2n) is 9.04. The number of benzene rings is 3. The van der Waals surface area contributed by atoms with E-state index in [0.29, 0.717) is 23.1 Å². The van der Waals surface area contributed by atoms with E-state index in [4.69, 9.17) is 0 Å². The van der Waals surface area contributed by atoms with Gasteiger partial charge in [-0.05, 0) is 54.1 Å². The minimum absolute atomic E-state index is 0.0328. The van der Waals surface area contributed by atoms with Gasteiger partial charge in [0.2, 0.25) is 11.9 Å². The van der Waals surface area contributed by atoms with Crippen molar-refractivity contribution < 1.29 is 32.4 Å². The third-order valence-corrected chi connectivity index (χ3v) is 5.95. The fourth-order valence-electron chi connectivity index (χ4n) is 3.86. The molecule has 0 aliphatic heterocycles. The van der Waals surface area contributed by atoms with E-state index in [2.05, 4.69) is 48.1 Å². The first kappa shape index (κ1) is 31.2. The molecule has 1 aromatic heterocycles. The zero-order valence-corrected chi connectivity index (χ0v) is 23.2. The van der Waals surface area contributed by atoms with Gasteiger partial charge in [-0.25, -0.2) is 10.5 Å². The molecule has 0 atom stereocenters. The van der Waals surface area contributed by atoms with E-state index in [0.717, 1.165) is 11.6 Å². The molecule has 0 aliphatic rings. The van der Waals surface area contributed by atoms with Crippen LogP contribution in [0.1, 0.15) is 31.8 Å². The average Bonchev–Trinajstić information content (AvgIpc) is 3.00. The number of nitrogens with one attached hydrogen (secondary N) is 5. The van der Waals surface area contributed by atoms with Crippen molar-refractivity contribution in [2.24, 2.45) is 0 Å². The Morgan fingerprint density at radius 1 is 0.932 bits per heavy atom. The summed E-state index contributed by atoms with van der Waals surface area (Å²) in [6, 6.07) is 19.0. The molecular formula is C30H26F3N7O4. The molecule has 4 aromatic rings. The smallest absolute Gasteiger partial charge is 0.348 e. The first-order valence-electron chi connectivity index (χ1n) is 12.9. The maximum Gasteiger partial charge on any atom is 0.421 e. The van der Waals surface area contributed by atoms with Crippen molar-refractivity contribution in [3.63, 3.8) is 0 Å². The van der Waals surface area contributed by atoms with Gasteiger partial charge in [0.25, 0.3) is 11.8 Å². The van der Waals surface area contributed by atoms with Crippen molar-refractivity contribution in [2.75, 3.05) is 23.1 Å². The molecule has 11 nitrogen and oxygen atoms in total. The molecule has 0 saturated heterocycles. The SMILES string of the molecule is C=CC(=O)Nc1cccc(C(=O)NCc2ccc(Nc3ncc(C(F)(F)F)c(Nc4ccccc4C(=O)NOC)n3)cc2)c1. The van der Waals surface area contributed by atoms with Gasteiger partial charge in [-0.3, -0.25) is 19.2 Å². The number of hydrogen-bond donors (Lipinski definition) is 5. The van der Waals surface area contributed by atoms with Crippen molar-refractivity contribution in [1.29, 1.82) is 0 Å². The Morgan fingerprint density at radius 2 is 1.68 bits per heavy atom. The molecule has 1 heterocycles. The van der Waals surface area contributed by atoms with Crippen LogP contribution in [0.2, 0.25) is 0 Å². The number of carbonyl (C=O) groups is 3. The maximum atomic E-state index is 13.8. The molecule has 0 saturated carbocycles. The number of rotatable bonds is 11. The lowest BCUT2D eigenvalue weighted by Crippen LogP contribution is -2.23. The van der Waals surface area contributed by atoms with Crippen LogP contribution in [0, 0.1) is 0 Å². The highest BCUT2D eigenvalue weighted by Gasteiger charge is 2.35. The average molecular weight is 606 g/mol. The summed E-state index contributed by atoms with van der Waals surface area (Å²) in [7, 11) is 1.23. The lowest BCUT2D eigenvalue weighted by Gasteiger charge is -2.16. The Bertz CT molecular complexity index is 1680. The number of amides is 3. The van der Waals surface area contributed by atoms with Gasteiger partial charge in [0.05, 0.1) is 18.4 Å². The zero-order valence-electron chi connectivity index (χ0n) is 23.2. The standard InChI is InChI=1S/C30H26F3N7O4/c1-3-25(41)36-21-8-6-7-19(15-21)27(42)34-16-18-11-13-20(14-12-18)37-29-35-17-23(30(31,32)33)26(39-29)38-24-10-5-4-9-22(24)28(43)40-44-2/h3-15,17H,1,16H2,2H3,(H,34,42)(H,36,41)(H,40,43)(H2,35,37,38,39). The van der Waals surface area contributed by atoms with Crippen molar-refractivity contribution >= 4 is 46.5 Å². The zero-order chi connectivity index (χ0) is 31.7. The first-order valence-corrected chi connectivity index (χ1v) is 12.9. The Kier molecular flexibility index (Phi) is 9.88. The number of nitrogens with zero attached hydrogens (tertiary/aromatic N) is 2. The van der Waals surface area contributed by atoms with Crippen molar-refractivity contribution in [3.05, 3.63) is 114 Å². The van der Waals surface area contributed by atoms with E-state index < -0.39 is 29.4 Å². The molecule has 226 valence electrons. The van der Waals surface area contributed by atoms with Crippen LogP contribution in [-0.2, 0) is 22.4 Å². The molecule has 3 amide bonds. The Labute approximate surface area is 249 Å². The van der Waals surface area contributed by atoms with Crippen LogP contribution in [0.5, 0.6) is 0 Å². The minimum Gasteiger partial charge on any atom is -0.348 e. The van der Waals surface area contributed by atoms with Crippen molar-refractivity contribution in [1.82, 2.24) is 20.8 Å². The van der Waals surface area contributed by atoms with E-state index in [-0.39, 0.29) is 29.7 Å². The summed E-state index contributed by atoms with van der Waals surface area (Å²) in [4.78, 5) is 48.9. The molecule has 0 unspecified atom stereocenters. The predicted molar refractivity (Wildman–Crippen MR) is 157 cm³/mol. The number of alkyl halides is 3. The largest absolute Gasteiger partial charge is 0.421 e. The van der Waals surface area contributed by atoms with Crippen LogP contribution < -0.4 is 26.7 Å². The molecule has 4 rings (SSSR count). The van der Waals surface area contributed by atoms with Gasteiger partial charge < -0.3 is 21.3 Å². The van der Waals surface area contributed by atoms with Crippen LogP contribution in [0.25, 0.3) is 0 Å². The Balaban J connectivity index is 1.45. The van der Waals surface area contributed by atoms with Crippen molar-refractivity contribution in [2.45, 2.75) is 12.7 Å². The molecule has 44 heavy (non-hydrogen) atoms. The van der Waals surface area contributed by atoms with E-state index in [1.165, 1.54) is 25.3 Å². The topological polar surface area (TPSA) is 146 Å². The van der Waals surface area contributed by atoms with E-state index >= 15 is 0 Å². The fraction of sp³-hybridized carbons (Fsp3) is 0.100. The Morgan fingerprint density at radius 3 is 2.39 bits per heavy atom. The van der Waals surface area contributed by atoms with E-state index in [9.17, 15) is 27.6 Å². The molecule has 3 aromatic carbocycles. The molecule has 0 bridgehead atoms. The summed E-state index contributed by atoms with van der Waals surface area (Å²) in [5.41, 5.74) is 3.09. The summed E-state index contributed by atoms with van der Waals surface area (Å²) in [5, 5.41) is 10.8. The van der Waals surface area contributed by atoms with Gasteiger partial charge in [-0.15, -0.1) is 0 Å². The lowest BCUT2D eigenvalue weighted by molar-refractivity contribution is -0.137. The number of anilines is 5. The second kappa shape index (κ2) is 13.9. The predicted octanol–water partition coefficient (Wildman–Crippen LogP) is 5.33. The lowest BCUT2D eigenvalue weighted by atomic mass is 10.1. The summed E-state index contributed by atoms with van der Waals surface area (Å²) >= 11 is 0. The molecule has 0 radical (unpaired) electrons. The normalized spacial score (nSPS) is 10.8. The number of hydrogen-bond acceptors (Lipinski definition) is 8. The van der Waals surface area contributed by atoms with Crippen molar-refractivity contribution in [3.8, 4) is 0 Å². The molecule has 0 spiro atoms. The highest BCUT2D eigenvalue weighted by Crippen LogP contribution is 2.36.